The van der Waals surface area contributed by atoms with Crippen molar-refractivity contribution in [3.8, 4) is 0 Å². The van der Waals surface area contributed by atoms with Gasteiger partial charge in [0.1, 0.15) is 23.1 Å². The van der Waals surface area contributed by atoms with Crippen molar-refractivity contribution in [3.63, 3.8) is 0 Å². The number of aliphatic hydroxyl groups is 2. The molecule has 4 N–H and O–H groups in total. The van der Waals surface area contributed by atoms with Crippen LogP contribution in [0.5, 0.6) is 0 Å². The van der Waals surface area contributed by atoms with Crippen LogP contribution in [0.2, 0.25) is 0 Å². The molecule has 1 atom stereocenters. The number of nitrogens with zero attached hydrogens (tertiary/aromatic N) is 2. The van der Waals surface area contributed by atoms with Crippen molar-refractivity contribution in [2.24, 2.45) is 0 Å². The van der Waals surface area contributed by atoms with Crippen molar-refractivity contribution < 1.29 is 10.2 Å². The van der Waals surface area contributed by atoms with E-state index in [2.05, 4.69) is 27.5 Å². The summed E-state index contributed by atoms with van der Waals surface area (Å²) in [5.41, 5.74) is -0.213. The van der Waals surface area contributed by atoms with E-state index >= 15 is 0 Å². The van der Waals surface area contributed by atoms with E-state index in [1.54, 1.807) is 6.92 Å². The summed E-state index contributed by atoms with van der Waals surface area (Å²) in [7, 11) is 0. The molecule has 1 unspecified atom stereocenters. The first kappa shape index (κ1) is 16.0. The Hall–Kier alpha value is -1.40. The van der Waals surface area contributed by atoms with Crippen molar-refractivity contribution in [3.05, 3.63) is 11.4 Å². The second kappa shape index (κ2) is 6.58. The largest absolute Gasteiger partial charge is 0.393 e. The summed E-state index contributed by atoms with van der Waals surface area (Å²) in [4.78, 5) is 9.21. The van der Waals surface area contributed by atoms with Gasteiger partial charge in [0.25, 0.3) is 0 Å². The highest BCUT2D eigenvalue weighted by Crippen LogP contribution is 2.39. The average Bonchev–Trinajstić information content (AvgIpc) is 3.29. The molecule has 21 heavy (non-hydrogen) atoms. The van der Waals surface area contributed by atoms with Crippen molar-refractivity contribution >= 4 is 11.6 Å². The van der Waals surface area contributed by atoms with Crippen molar-refractivity contribution in [2.45, 2.75) is 51.6 Å². The Kier molecular flexibility index (Phi) is 5.00. The Labute approximate surface area is 126 Å². The molecule has 2 rings (SSSR count). The molecule has 1 fully saturated rings. The average molecular weight is 294 g/mol. The van der Waals surface area contributed by atoms with Crippen LogP contribution in [0, 0.1) is 6.92 Å². The Morgan fingerprint density at radius 3 is 2.38 bits per heavy atom. The van der Waals surface area contributed by atoms with Gasteiger partial charge in [0.05, 0.1) is 6.61 Å². The number of aromatic nitrogens is 2. The Bertz CT molecular complexity index is 487. The minimum absolute atomic E-state index is 0.249. The SMILES string of the molecule is CCCNc1nc(C2CC2)nc(NCC(C)(O)CO)c1C. The minimum Gasteiger partial charge on any atom is -0.393 e. The van der Waals surface area contributed by atoms with Crippen molar-refractivity contribution in [1.29, 1.82) is 0 Å². The molecule has 0 bridgehead atoms. The lowest BCUT2D eigenvalue weighted by Crippen LogP contribution is -2.37. The summed E-state index contributed by atoms with van der Waals surface area (Å²) in [5, 5.41) is 25.5. The van der Waals surface area contributed by atoms with Gasteiger partial charge in [0.2, 0.25) is 0 Å². The molecule has 0 radical (unpaired) electrons. The van der Waals surface area contributed by atoms with Crippen molar-refractivity contribution in [2.75, 3.05) is 30.3 Å². The van der Waals surface area contributed by atoms with E-state index in [0.29, 0.717) is 5.92 Å². The van der Waals surface area contributed by atoms with Crippen LogP contribution >= 0.6 is 0 Å². The second-order valence-electron chi connectivity index (χ2n) is 6.11. The summed E-state index contributed by atoms with van der Waals surface area (Å²) < 4.78 is 0. The van der Waals surface area contributed by atoms with Crippen LogP contribution in [0.25, 0.3) is 0 Å². The molecular weight excluding hydrogens is 268 g/mol. The van der Waals surface area contributed by atoms with Crippen LogP contribution in [-0.2, 0) is 0 Å². The molecular formula is C15H26N4O2. The van der Waals surface area contributed by atoms with E-state index in [1.165, 1.54) is 0 Å². The minimum atomic E-state index is -1.16. The van der Waals surface area contributed by atoms with Crippen LogP contribution in [-0.4, -0.2) is 45.5 Å². The van der Waals surface area contributed by atoms with Gasteiger partial charge in [0, 0.05) is 24.6 Å². The van der Waals surface area contributed by atoms with Gasteiger partial charge in [-0.1, -0.05) is 6.92 Å². The fourth-order valence-corrected chi connectivity index (χ4v) is 1.98. The van der Waals surface area contributed by atoms with Gasteiger partial charge in [-0.05, 0) is 33.1 Å². The summed E-state index contributed by atoms with van der Waals surface area (Å²) in [6.45, 7) is 6.50. The topological polar surface area (TPSA) is 90.3 Å². The molecule has 1 aromatic heterocycles. The lowest BCUT2D eigenvalue weighted by molar-refractivity contribution is 0.0131. The van der Waals surface area contributed by atoms with E-state index in [4.69, 9.17) is 5.11 Å². The molecule has 0 amide bonds. The maximum atomic E-state index is 9.91. The molecule has 6 heteroatoms. The molecule has 0 spiro atoms. The molecule has 1 heterocycles. The Morgan fingerprint density at radius 2 is 1.86 bits per heavy atom. The van der Waals surface area contributed by atoms with Gasteiger partial charge in [-0.25, -0.2) is 9.97 Å². The third-order valence-corrected chi connectivity index (χ3v) is 3.63. The fraction of sp³-hybridized carbons (Fsp3) is 0.733. The summed E-state index contributed by atoms with van der Waals surface area (Å²) in [5.74, 6) is 2.93. The van der Waals surface area contributed by atoms with Gasteiger partial charge >= 0.3 is 0 Å². The molecule has 0 saturated heterocycles. The zero-order valence-electron chi connectivity index (χ0n) is 13.1. The lowest BCUT2D eigenvalue weighted by atomic mass is 10.1. The predicted octanol–water partition coefficient (Wildman–Crippen LogP) is 1.64. The first-order valence-corrected chi connectivity index (χ1v) is 7.66. The van der Waals surface area contributed by atoms with E-state index in [9.17, 15) is 5.11 Å². The molecule has 118 valence electrons. The molecule has 1 aromatic rings. The number of hydrogen-bond acceptors (Lipinski definition) is 6. The highest BCUT2D eigenvalue weighted by atomic mass is 16.3. The standard InChI is InChI=1S/C15H26N4O2/c1-4-7-16-12-10(2)13(17-8-15(3,21)9-20)19-14(18-12)11-5-6-11/h11,20-21H,4-9H2,1-3H3,(H2,16,17,18,19). The van der Waals surface area contributed by atoms with Crippen LogP contribution in [0.1, 0.15) is 50.4 Å². The lowest BCUT2D eigenvalue weighted by Gasteiger charge is -2.22. The predicted molar refractivity (Wildman–Crippen MR) is 83.7 cm³/mol. The van der Waals surface area contributed by atoms with E-state index in [1.807, 2.05) is 6.92 Å². The highest BCUT2D eigenvalue weighted by molar-refractivity contribution is 5.57. The van der Waals surface area contributed by atoms with E-state index in [0.717, 1.165) is 48.8 Å². The van der Waals surface area contributed by atoms with Crippen LogP contribution in [0.15, 0.2) is 0 Å². The summed E-state index contributed by atoms with van der Waals surface area (Å²) in [6.07, 6.45) is 3.32. The number of nitrogens with one attached hydrogen (secondary N) is 2. The summed E-state index contributed by atoms with van der Waals surface area (Å²) >= 11 is 0. The number of anilines is 2. The van der Waals surface area contributed by atoms with Gasteiger partial charge < -0.3 is 20.8 Å². The molecule has 0 aliphatic heterocycles. The van der Waals surface area contributed by atoms with Gasteiger partial charge in [0.15, 0.2) is 0 Å². The fourth-order valence-electron chi connectivity index (χ4n) is 1.98. The Balaban J connectivity index is 2.19. The Morgan fingerprint density at radius 1 is 1.24 bits per heavy atom. The number of rotatable bonds is 8. The normalized spacial score (nSPS) is 17.4. The maximum Gasteiger partial charge on any atom is 0.136 e. The zero-order valence-corrected chi connectivity index (χ0v) is 13.1. The van der Waals surface area contributed by atoms with Gasteiger partial charge in [-0.2, -0.15) is 0 Å². The number of aliphatic hydroxyl groups excluding tert-OH is 1. The van der Waals surface area contributed by atoms with Crippen molar-refractivity contribution in [1.82, 2.24) is 9.97 Å². The summed E-state index contributed by atoms with van der Waals surface area (Å²) in [6, 6.07) is 0. The van der Waals surface area contributed by atoms with Crippen LogP contribution < -0.4 is 10.6 Å². The third-order valence-electron chi connectivity index (χ3n) is 3.63. The zero-order chi connectivity index (χ0) is 15.5. The molecule has 1 aliphatic rings. The molecule has 1 saturated carbocycles. The van der Waals surface area contributed by atoms with Gasteiger partial charge in [-0.15, -0.1) is 0 Å². The second-order valence-corrected chi connectivity index (χ2v) is 6.11. The monoisotopic (exact) mass is 294 g/mol. The molecule has 0 aromatic carbocycles. The molecule has 1 aliphatic carbocycles. The third kappa shape index (κ3) is 4.28. The van der Waals surface area contributed by atoms with E-state index < -0.39 is 5.60 Å². The molecule has 6 nitrogen and oxygen atoms in total. The first-order valence-electron chi connectivity index (χ1n) is 7.66. The van der Waals surface area contributed by atoms with Crippen LogP contribution in [0.3, 0.4) is 0 Å². The quantitative estimate of drug-likeness (QED) is 0.583. The van der Waals surface area contributed by atoms with Crippen LogP contribution in [0.4, 0.5) is 11.6 Å². The smallest absolute Gasteiger partial charge is 0.136 e. The van der Waals surface area contributed by atoms with Gasteiger partial charge in [-0.3, -0.25) is 0 Å². The number of hydrogen-bond donors (Lipinski definition) is 4. The van der Waals surface area contributed by atoms with E-state index in [-0.39, 0.29) is 13.2 Å². The highest BCUT2D eigenvalue weighted by Gasteiger charge is 2.28. The maximum absolute atomic E-state index is 9.91. The first-order chi connectivity index (χ1) is 9.96.